The van der Waals surface area contributed by atoms with Crippen LogP contribution >= 0.6 is 0 Å². The van der Waals surface area contributed by atoms with Gasteiger partial charge in [0, 0.05) is 46.1 Å². The van der Waals surface area contributed by atoms with Crippen LogP contribution in [0.2, 0.25) is 0 Å². The lowest BCUT2D eigenvalue weighted by Crippen LogP contribution is -2.52. The molecule has 0 aromatic heterocycles. The van der Waals surface area contributed by atoms with Gasteiger partial charge < -0.3 is 4.90 Å². The first-order valence-corrected chi connectivity index (χ1v) is 11.6. The Morgan fingerprint density at radius 1 is 0.833 bits per heavy atom. The number of sulfonamides is 1. The molecule has 1 fully saturated rings. The van der Waals surface area contributed by atoms with Gasteiger partial charge in [-0.15, -0.1) is 0 Å². The molecule has 0 spiro atoms. The highest BCUT2D eigenvalue weighted by Gasteiger charge is 2.35. The maximum absolute atomic E-state index is 13.5. The molecule has 0 saturated carbocycles. The van der Waals surface area contributed by atoms with E-state index < -0.39 is 10.0 Å². The fraction of sp³-hybridized carbons (Fsp3) is 0.571. The molecule has 30 heavy (non-hydrogen) atoms. The molecule has 1 aromatic rings. The minimum absolute atomic E-state index is 0.114. The molecule has 0 bridgehead atoms. The standard InChI is InChI=1S/C21H30N4O4S/c1-13-14(2)16(4)20(17(5)15(13)3)30(28,29)25-11-9-24(10-12-25)21(27)18-7-8-19(26)23(6)22-18/h7-12H2,1-6H3. The molecule has 2 heterocycles. The van der Waals surface area contributed by atoms with Crippen LogP contribution in [0.5, 0.6) is 0 Å². The summed E-state index contributed by atoms with van der Waals surface area (Å²) in [6.45, 7) is 10.7. The summed E-state index contributed by atoms with van der Waals surface area (Å²) in [6.07, 6.45) is 0.584. The molecule has 0 aliphatic carbocycles. The third kappa shape index (κ3) is 3.76. The van der Waals surface area contributed by atoms with Crippen molar-refractivity contribution >= 4 is 27.5 Å². The van der Waals surface area contributed by atoms with Gasteiger partial charge in [0.05, 0.1) is 4.90 Å². The predicted octanol–water partition coefficient (Wildman–Crippen LogP) is 1.67. The number of rotatable bonds is 3. The first kappa shape index (κ1) is 22.4. The number of benzene rings is 1. The van der Waals surface area contributed by atoms with Gasteiger partial charge in [-0.25, -0.2) is 13.4 Å². The molecular weight excluding hydrogens is 404 g/mol. The summed E-state index contributed by atoms with van der Waals surface area (Å²) in [7, 11) is -2.13. The van der Waals surface area contributed by atoms with Crippen molar-refractivity contribution in [3.63, 3.8) is 0 Å². The average Bonchev–Trinajstić information content (AvgIpc) is 2.72. The maximum atomic E-state index is 13.5. The molecule has 0 unspecified atom stereocenters. The molecular formula is C21H30N4O4S. The Balaban J connectivity index is 1.79. The Hall–Kier alpha value is -2.26. The Kier molecular flexibility index (Phi) is 6.06. The first-order valence-electron chi connectivity index (χ1n) is 10.2. The normalized spacial score (nSPS) is 18.6. The number of nitrogens with zero attached hydrogens (tertiary/aromatic N) is 4. The highest BCUT2D eigenvalue weighted by atomic mass is 32.2. The summed E-state index contributed by atoms with van der Waals surface area (Å²) in [4.78, 5) is 26.3. The molecule has 2 aliphatic rings. The van der Waals surface area contributed by atoms with E-state index in [-0.39, 0.29) is 31.3 Å². The molecule has 0 N–H and O–H groups in total. The Morgan fingerprint density at radius 3 is 1.83 bits per heavy atom. The van der Waals surface area contributed by atoms with Crippen LogP contribution in [0.25, 0.3) is 0 Å². The van der Waals surface area contributed by atoms with E-state index in [9.17, 15) is 18.0 Å². The molecule has 9 heteroatoms. The van der Waals surface area contributed by atoms with Crippen molar-refractivity contribution in [3.8, 4) is 0 Å². The third-order valence-corrected chi connectivity index (χ3v) is 8.68. The highest BCUT2D eigenvalue weighted by Crippen LogP contribution is 2.32. The van der Waals surface area contributed by atoms with Gasteiger partial charge in [-0.3, -0.25) is 9.59 Å². The van der Waals surface area contributed by atoms with Gasteiger partial charge in [-0.05, 0) is 62.4 Å². The van der Waals surface area contributed by atoms with Crippen molar-refractivity contribution < 1.29 is 18.0 Å². The van der Waals surface area contributed by atoms with Crippen LogP contribution in [-0.2, 0) is 19.6 Å². The van der Waals surface area contributed by atoms with Crippen LogP contribution in [0.1, 0.15) is 40.7 Å². The SMILES string of the molecule is Cc1c(C)c(C)c(S(=O)(=O)N2CCN(C(=O)C3=NN(C)C(=O)CC3)CC2)c(C)c1C. The van der Waals surface area contributed by atoms with Crippen molar-refractivity contribution in [1.29, 1.82) is 0 Å². The van der Waals surface area contributed by atoms with Crippen LogP contribution in [0, 0.1) is 34.6 Å². The summed E-state index contributed by atoms with van der Waals surface area (Å²) in [6, 6.07) is 0. The van der Waals surface area contributed by atoms with Gasteiger partial charge in [0.1, 0.15) is 5.71 Å². The summed E-state index contributed by atoms with van der Waals surface area (Å²) in [5.74, 6) is -0.335. The number of piperazine rings is 1. The number of hydrogen-bond donors (Lipinski definition) is 0. The van der Waals surface area contributed by atoms with E-state index >= 15 is 0 Å². The van der Waals surface area contributed by atoms with Crippen molar-refractivity contribution in [1.82, 2.24) is 14.2 Å². The summed E-state index contributed by atoms with van der Waals surface area (Å²) in [5.41, 5.74) is 5.05. The average molecular weight is 435 g/mol. The maximum Gasteiger partial charge on any atom is 0.270 e. The molecule has 0 radical (unpaired) electrons. The monoisotopic (exact) mass is 434 g/mol. The minimum atomic E-state index is -3.66. The second-order valence-corrected chi connectivity index (χ2v) is 9.99. The van der Waals surface area contributed by atoms with E-state index in [0.717, 1.165) is 27.8 Å². The van der Waals surface area contributed by atoms with Crippen molar-refractivity contribution in [2.24, 2.45) is 5.10 Å². The number of hydrazone groups is 1. The van der Waals surface area contributed by atoms with Gasteiger partial charge in [-0.2, -0.15) is 9.41 Å². The number of carbonyl (C=O) groups excluding carboxylic acids is 2. The van der Waals surface area contributed by atoms with E-state index in [1.165, 1.54) is 16.4 Å². The van der Waals surface area contributed by atoms with E-state index in [4.69, 9.17) is 0 Å². The van der Waals surface area contributed by atoms with Gasteiger partial charge >= 0.3 is 0 Å². The van der Waals surface area contributed by atoms with Gasteiger partial charge in [0.2, 0.25) is 15.9 Å². The molecule has 164 valence electrons. The lowest BCUT2D eigenvalue weighted by Gasteiger charge is -2.35. The Morgan fingerprint density at radius 2 is 1.33 bits per heavy atom. The Labute approximate surface area is 178 Å². The Bertz CT molecular complexity index is 1010. The van der Waals surface area contributed by atoms with Crippen LogP contribution in [-0.4, -0.2) is 73.4 Å². The minimum Gasteiger partial charge on any atom is -0.335 e. The summed E-state index contributed by atoms with van der Waals surface area (Å²) in [5, 5.41) is 5.28. The van der Waals surface area contributed by atoms with Crippen LogP contribution in [0.15, 0.2) is 10.00 Å². The summed E-state index contributed by atoms with van der Waals surface area (Å²) < 4.78 is 28.4. The topological polar surface area (TPSA) is 90.4 Å². The molecule has 8 nitrogen and oxygen atoms in total. The molecule has 0 atom stereocenters. The van der Waals surface area contributed by atoms with Crippen LogP contribution in [0.3, 0.4) is 0 Å². The van der Waals surface area contributed by atoms with Gasteiger partial charge in [0.25, 0.3) is 5.91 Å². The van der Waals surface area contributed by atoms with E-state index in [1.54, 1.807) is 4.90 Å². The molecule has 3 rings (SSSR count). The van der Waals surface area contributed by atoms with Crippen LogP contribution < -0.4 is 0 Å². The quantitative estimate of drug-likeness (QED) is 0.724. The predicted molar refractivity (Wildman–Crippen MR) is 115 cm³/mol. The first-order chi connectivity index (χ1) is 14.0. The fourth-order valence-electron chi connectivity index (χ4n) is 4.12. The van der Waals surface area contributed by atoms with Crippen molar-refractivity contribution in [2.75, 3.05) is 33.2 Å². The summed E-state index contributed by atoms with van der Waals surface area (Å²) >= 11 is 0. The number of amides is 2. The van der Waals surface area contributed by atoms with Crippen molar-refractivity contribution in [3.05, 3.63) is 27.8 Å². The number of hydrogen-bond acceptors (Lipinski definition) is 5. The zero-order valence-electron chi connectivity index (χ0n) is 18.6. The fourth-order valence-corrected chi connectivity index (χ4v) is 6.10. The lowest BCUT2D eigenvalue weighted by molar-refractivity contribution is -0.130. The molecule has 2 amide bonds. The van der Waals surface area contributed by atoms with Gasteiger partial charge in [-0.1, -0.05) is 0 Å². The molecule has 1 saturated heterocycles. The van der Waals surface area contributed by atoms with E-state index in [1.807, 2.05) is 34.6 Å². The smallest absolute Gasteiger partial charge is 0.270 e. The second kappa shape index (κ2) is 8.11. The largest absolute Gasteiger partial charge is 0.335 e. The third-order valence-electron chi connectivity index (χ3n) is 6.51. The highest BCUT2D eigenvalue weighted by molar-refractivity contribution is 7.89. The van der Waals surface area contributed by atoms with Crippen LogP contribution in [0.4, 0.5) is 0 Å². The molecule has 1 aromatic carbocycles. The second-order valence-electron chi connectivity index (χ2n) is 8.11. The van der Waals surface area contributed by atoms with E-state index in [2.05, 4.69) is 5.10 Å². The van der Waals surface area contributed by atoms with Crippen molar-refractivity contribution in [2.45, 2.75) is 52.4 Å². The van der Waals surface area contributed by atoms with E-state index in [0.29, 0.717) is 30.1 Å². The lowest BCUT2D eigenvalue weighted by atomic mass is 9.95. The number of carbonyl (C=O) groups is 2. The molecule has 2 aliphatic heterocycles. The zero-order chi connectivity index (χ0) is 22.4. The van der Waals surface area contributed by atoms with Gasteiger partial charge in [0.15, 0.2) is 0 Å². The zero-order valence-corrected chi connectivity index (χ0v) is 19.4.